The highest BCUT2D eigenvalue weighted by Crippen LogP contribution is 2.50. The minimum atomic E-state index is -0.545. The Morgan fingerprint density at radius 2 is 2.03 bits per heavy atom. The number of nitrogens with two attached hydrogens (primary N) is 1. The highest BCUT2D eigenvalue weighted by molar-refractivity contribution is 14.1. The summed E-state index contributed by atoms with van der Waals surface area (Å²) in [7, 11) is 3.22. The number of ether oxygens (including phenoxy) is 3. The monoisotopic (exact) mass is 551 g/mol. The molecule has 1 aromatic rings. The first kappa shape index (κ1) is 24.4. The number of hydrogen-bond acceptors (Lipinski definition) is 7. The number of rotatable bonds is 7. The van der Waals surface area contributed by atoms with Crippen molar-refractivity contribution in [2.45, 2.75) is 39.5 Å². The number of methoxy groups -OCH3 is 2. The van der Waals surface area contributed by atoms with Crippen molar-refractivity contribution < 1.29 is 19.0 Å². The van der Waals surface area contributed by atoms with Crippen molar-refractivity contribution in [1.29, 1.82) is 5.26 Å². The Morgan fingerprint density at radius 1 is 1.31 bits per heavy atom. The lowest BCUT2D eigenvalue weighted by molar-refractivity contribution is -0.118. The molecule has 0 radical (unpaired) electrons. The third kappa shape index (κ3) is 4.46. The first-order chi connectivity index (χ1) is 15.2. The van der Waals surface area contributed by atoms with Gasteiger partial charge in [-0.3, -0.25) is 4.79 Å². The van der Waals surface area contributed by atoms with E-state index in [1.165, 1.54) is 0 Å². The van der Waals surface area contributed by atoms with Gasteiger partial charge in [-0.15, -0.1) is 0 Å². The summed E-state index contributed by atoms with van der Waals surface area (Å²) in [5.41, 5.74) is 9.06. The average Bonchev–Trinajstić information content (AvgIpc) is 2.71. The fraction of sp³-hybridized carbons (Fsp3) is 0.500. The molecule has 0 amide bonds. The van der Waals surface area contributed by atoms with Crippen molar-refractivity contribution in [2.24, 2.45) is 11.1 Å². The second-order valence-electron chi connectivity index (χ2n) is 8.76. The van der Waals surface area contributed by atoms with Crippen molar-refractivity contribution in [3.63, 3.8) is 0 Å². The molecule has 0 unspecified atom stereocenters. The van der Waals surface area contributed by atoms with Crippen LogP contribution in [0.1, 0.15) is 45.1 Å². The lowest BCUT2D eigenvalue weighted by Crippen LogP contribution is -2.43. The minimum absolute atomic E-state index is 0.0488. The first-order valence-electron chi connectivity index (χ1n) is 10.6. The number of nitriles is 1. The highest BCUT2D eigenvalue weighted by atomic mass is 127. The van der Waals surface area contributed by atoms with Gasteiger partial charge in [0.1, 0.15) is 5.82 Å². The van der Waals surface area contributed by atoms with Crippen LogP contribution in [0.3, 0.4) is 0 Å². The van der Waals surface area contributed by atoms with E-state index in [0.29, 0.717) is 61.1 Å². The van der Waals surface area contributed by atoms with E-state index in [-0.39, 0.29) is 11.2 Å². The molecular weight excluding hydrogens is 521 g/mol. The maximum atomic E-state index is 13.5. The smallest absolute Gasteiger partial charge is 0.174 e. The van der Waals surface area contributed by atoms with Crippen LogP contribution in [-0.4, -0.2) is 44.7 Å². The molecule has 0 saturated heterocycles. The quantitative estimate of drug-likeness (QED) is 0.510. The van der Waals surface area contributed by atoms with Crippen molar-refractivity contribution in [3.05, 3.63) is 43.9 Å². The lowest BCUT2D eigenvalue weighted by atomic mass is 9.68. The average molecular weight is 551 g/mol. The molecule has 0 spiro atoms. The van der Waals surface area contributed by atoms with Crippen LogP contribution in [0.25, 0.3) is 0 Å². The van der Waals surface area contributed by atoms with Crippen molar-refractivity contribution in [2.75, 3.05) is 34.0 Å². The number of carbonyl (C=O) groups is 1. The summed E-state index contributed by atoms with van der Waals surface area (Å²) in [5.74, 6) is 1.10. The van der Waals surface area contributed by atoms with Gasteiger partial charge in [-0.2, -0.15) is 5.26 Å². The van der Waals surface area contributed by atoms with Crippen molar-refractivity contribution in [1.82, 2.24) is 4.90 Å². The van der Waals surface area contributed by atoms with E-state index in [9.17, 15) is 10.1 Å². The van der Waals surface area contributed by atoms with Gasteiger partial charge in [0.25, 0.3) is 0 Å². The highest BCUT2D eigenvalue weighted by Gasteiger charge is 2.44. The van der Waals surface area contributed by atoms with Crippen LogP contribution in [0.2, 0.25) is 0 Å². The molecule has 1 aliphatic heterocycles. The van der Waals surface area contributed by atoms with Gasteiger partial charge >= 0.3 is 0 Å². The van der Waals surface area contributed by atoms with E-state index in [1.807, 2.05) is 24.0 Å². The predicted molar refractivity (Wildman–Crippen MR) is 130 cm³/mol. The maximum absolute atomic E-state index is 13.5. The molecule has 1 heterocycles. The summed E-state index contributed by atoms with van der Waals surface area (Å²) in [5, 5.41) is 10.1. The summed E-state index contributed by atoms with van der Waals surface area (Å²) >= 11 is 2.19. The summed E-state index contributed by atoms with van der Waals surface area (Å²) in [6, 6.07) is 6.10. The molecule has 2 aliphatic rings. The van der Waals surface area contributed by atoms with Gasteiger partial charge in [-0.05, 0) is 59.0 Å². The predicted octanol–water partition coefficient (Wildman–Crippen LogP) is 4.08. The zero-order valence-corrected chi connectivity index (χ0v) is 21.4. The molecule has 2 N–H and O–H groups in total. The normalized spacial score (nSPS) is 20.2. The molecule has 8 heteroatoms. The molecule has 0 saturated carbocycles. The third-order valence-corrected chi connectivity index (χ3v) is 6.68. The largest absolute Gasteiger partial charge is 0.492 e. The van der Waals surface area contributed by atoms with Crippen LogP contribution in [-0.2, 0) is 9.53 Å². The Kier molecular flexibility index (Phi) is 7.40. The molecule has 1 aliphatic carbocycles. The summed E-state index contributed by atoms with van der Waals surface area (Å²) < 4.78 is 17.5. The number of allylic oxidation sites excluding steroid dienone is 3. The van der Waals surface area contributed by atoms with E-state index in [2.05, 4.69) is 42.5 Å². The van der Waals surface area contributed by atoms with Gasteiger partial charge in [0.2, 0.25) is 0 Å². The number of ketones is 1. The van der Waals surface area contributed by atoms with Crippen molar-refractivity contribution >= 4 is 28.4 Å². The zero-order chi connectivity index (χ0) is 23.6. The zero-order valence-electron chi connectivity index (χ0n) is 19.3. The van der Waals surface area contributed by atoms with Crippen LogP contribution in [0.15, 0.2) is 34.8 Å². The molecule has 32 heavy (non-hydrogen) atoms. The Balaban J connectivity index is 2.26. The fourth-order valence-corrected chi connectivity index (χ4v) is 5.41. The van der Waals surface area contributed by atoms with Gasteiger partial charge in [0, 0.05) is 31.3 Å². The minimum Gasteiger partial charge on any atom is -0.492 e. The molecular formula is C24H30IN3O4. The summed E-state index contributed by atoms with van der Waals surface area (Å²) in [4.78, 5) is 15.4. The SMILES string of the molecule is CCOc1cc([C@@H]2C(C#N)=C(N)N(CCOC)C3=C2C(=O)CC(C)(C)C3)cc(I)c1OC. The molecule has 1 aromatic carbocycles. The Hall–Kier alpha value is -2.25. The summed E-state index contributed by atoms with van der Waals surface area (Å²) in [6.45, 7) is 7.45. The van der Waals surface area contributed by atoms with Crippen LogP contribution < -0.4 is 15.2 Å². The second kappa shape index (κ2) is 9.71. The van der Waals surface area contributed by atoms with E-state index >= 15 is 0 Å². The van der Waals surface area contributed by atoms with Crippen molar-refractivity contribution in [3.8, 4) is 17.6 Å². The number of Topliss-reactive ketones (excluding diaryl/α,β-unsaturated/α-hetero) is 1. The Morgan fingerprint density at radius 3 is 2.62 bits per heavy atom. The van der Waals surface area contributed by atoms with E-state index in [0.717, 1.165) is 14.8 Å². The van der Waals surface area contributed by atoms with E-state index in [4.69, 9.17) is 19.9 Å². The number of benzene rings is 1. The molecule has 1 atom stereocenters. The fourth-order valence-electron chi connectivity index (χ4n) is 4.56. The molecule has 0 fully saturated rings. The third-order valence-electron chi connectivity index (χ3n) is 5.87. The number of halogens is 1. The van der Waals surface area contributed by atoms with Crippen LogP contribution in [0, 0.1) is 20.3 Å². The molecule has 7 nitrogen and oxygen atoms in total. The van der Waals surface area contributed by atoms with Gasteiger partial charge in [0.05, 0.1) is 41.5 Å². The lowest BCUT2D eigenvalue weighted by Gasteiger charge is -2.43. The summed E-state index contributed by atoms with van der Waals surface area (Å²) in [6.07, 6.45) is 1.11. The van der Waals surface area contributed by atoms with E-state index < -0.39 is 5.92 Å². The first-order valence-corrected chi connectivity index (χ1v) is 11.7. The van der Waals surface area contributed by atoms with Crippen LogP contribution in [0.4, 0.5) is 0 Å². The standard InChI is InChI=1S/C24H30IN3O4/c1-6-32-19-10-14(9-16(25)22(19)31-5)20-15(13-26)23(27)28(7-8-30-4)17-11-24(2,3)12-18(29)21(17)20/h9-10,20H,6-8,11-12,27H2,1-5H3/t20-/m1/s1. The van der Waals surface area contributed by atoms with E-state index in [1.54, 1.807) is 14.2 Å². The molecule has 0 aromatic heterocycles. The Labute approximate surface area is 203 Å². The number of carbonyl (C=O) groups excluding carboxylic acids is 1. The number of nitrogens with zero attached hydrogens (tertiary/aromatic N) is 2. The Bertz CT molecular complexity index is 1020. The maximum Gasteiger partial charge on any atom is 0.174 e. The number of hydrogen-bond donors (Lipinski definition) is 1. The second-order valence-corrected chi connectivity index (χ2v) is 9.92. The van der Waals surface area contributed by atoms with Gasteiger partial charge in [-0.1, -0.05) is 13.8 Å². The van der Waals surface area contributed by atoms with Gasteiger partial charge in [0.15, 0.2) is 17.3 Å². The van der Waals surface area contributed by atoms with Gasteiger partial charge < -0.3 is 24.8 Å². The van der Waals surface area contributed by atoms with Crippen LogP contribution in [0.5, 0.6) is 11.5 Å². The van der Waals surface area contributed by atoms with Gasteiger partial charge in [-0.25, -0.2) is 0 Å². The van der Waals surface area contributed by atoms with Crippen LogP contribution >= 0.6 is 22.6 Å². The molecule has 3 rings (SSSR count). The molecule has 172 valence electrons. The topological polar surface area (TPSA) is 97.8 Å². The molecule has 0 bridgehead atoms.